The van der Waals surface area contributed by atoms with Crippen molar-refractivity contribution in [3.8, 4) is 0 Å². The quantitative estimate of drug-likeness (QED) is 0.718. The van der Waals surface area contributed by atoms with Gasteiger partial charge in [0.05, 0.1) is 0 Å². The average molecular weight is 364 g/mol. The zero-order valence-corrected chi connectivity index (χ0v) is 15.9. The maximum atomic E-state index is 12.4. The van der Waals surface area contributed by atoms with E-state index >= 15 is 0 Å². The van der Waals surface area contributed by atoms with Crippen molar-refractivity contribution in [2.45, 2.75) is 76.7 Å². The van der Waals surface area contributed by atoms with Crippen LogP contribution in [-0.2, 0) is 14.4 Å². The highest BCUT2D eigenvalue weighted by molar-refractivity contribution is 5.78. The predicted molar refractivity (Wildman–Crippen MR) is 99.4 cm³/mol. The highest BCUT2D eigenvalue weighted by atomic mass is 16.2. The van der Waals surface area contributed by atoms with Crippen LogP contribution in [0.3, 0.4) is 0 Å². The number of nitrogens with zero attached hydrogens (tertiary/aromatic N) is 2. The molecule has 26 heavy (non-hydrogen) atoms. The molecule has 1 N–H and O–H groups in total. The predicted octanol–water partition coefficient (Wildman–Crippen LogP) is 2.08. The van der Waals surface area contributed by atoms with Gasteiger partial charge in [0.25, 0.3) is 0 Å². The van der Waals surface area contributed by atoms with Crippen LogP contribution in [0, 0.1) is 5.92 Å². The SMILES string of the molecule is O=C(CCC1CCN(C(=O)CCCN2CCCCC2=O)CC1)NC1CC1. The van der Waals surface area contributed by atoms with Crippen LogP contribution in [0.4, 0.5) is 0 Å². The minimum absolute atomic E-state index is 0.193. The second-order valence-electron chi connectivity index (χ2n) is 8.15. The Morgan fingerprint density at radius 1 is 1.00 bits per heavy atom. The van der Waals surface area contributed by atoms with Crippen LogP contribution in [0.25, 0.3) is 0 Å². The fraction of sp³-hybridized carbons (Fsp3) is 0.850. The smallest absolute Gasteiger partial charge is 0.222 e. The number of amides is 3. The van der Waals surface area contributed by atoms with Gasteiger partial charge in [0.15, 0.2) is 0 Å². The molecule has 0 bridgehead atoms. The van der Waals surface area contributed by atoms with Gasteiger partial charge in [0.2, 0.25) is 17.7 Å². The Labute approximate surface area is 156 Å². The molecule has 0 atom stereocenters. The zero-order chi connectivity index (χ0) is 18.4. The highest BCUT2D eigenvalue weighted by Gasteiger charge is 2.26. The summed E-state index contributed by atoms with van der Waals surface area (Å²) in [5.41, 5.74) is 0. The van der Waals surface area contributed by atoms with Crippen molar-refractivity contribution < 1.29 is 14.4 Å². The molecular formula is C20H33N3O3. The third-order valence-electron chi connectivity index (χ3n) is 5.93. The maximum absolute atomic E-state index is 12.4. The Bertz CT molecular complexity index is 510. The van der Waals surface area contributed by atoms with E-state index in [1.54, 1.807) is 0 Å². The van der Waals surface area contributed by atoms with Gasteiger partial charge in [0, 0.05) is 51.5 Å². The molecule has 0 aromatic carbocycles. The summed E-state index contributed by atoms with van der Waals surface area (Å²) in [6, 6.07) is 0.446. The van der Waals surface area contributed by atoms with Crippen LogP contribution in [0.5, 0.6) is 0 Å². The second-order valence-corrected chi connectivity index (χ2v) is 8.15. The molecular weight excluding hydrogens is 330 g/mol. The maximum Gasteiger partial charge on any atom is 0.222 e. The molecule has 1 aliphatic carbocycles. The average Bonchev–Trinajstić information content (AvgIpc) is 3.46. The molecule has 3 fully saturated rings. The number of likely N-dealkylation sites (tertiary alicyclic amines) is 2. The molecule has 2 aliphatic heterocycles. The van der Waals surface area contributed by atoms with Crippen molar-refractivity contribution in [2.75, 3.05) is 26.2 Å². The van der Waals surface area contributed by atoms with Gasteiger partial charge >= 0.3 is 0 Å². The lowest BCUT2D eigenvalue weighted by molar-refractivity contribution is -0.135. The Balaban J connectivity index is 1.26. The summed E-state index contributed by atoms with van der Waals surface area (Å²) in [4.78, 5) is 39.8. The van der Waals surface area contributed by atoms with E-state index in [2.05, 4.69) is 5.32 Å². The van der Waals surface area contributed by atoms with E-state index in [0.29, 0.717) is 31.2 Å². The molecule has 2 saturated heterocycles. The Hall–Kier alpha value is -1.59. The molecule has 3 rings (SSSR count). The van der Waals surface area contributed by atoms with E-state index in [0.717, 1.165) is 77.5 Å². The molecule has 1 saturated carbocycles. The fourth-order valence-corrected chi connectivity index (χ4v) is 4.01. The van der Waals surface area contributed by atoms with Gasteiger partial charge in [-0.1, -0.05) is 0 Å². The van der Waals surface area contributed by atoms with Gasteiger partial charge in [-0.2, -0.15) is 0 Å². The summed E-state index contributed by atoms with van der Waals surface area (Å²) in [6.45, 7) is 3.21. The van der Waals surface area contributed by atoms with Crippen LogP contribution in [0.15, 0.2) is 0 Å². The Morgan fingerprint density at radius 2 is 1.77 bits per heavy atom. The normalized spacial score (nSPS) is 21.8. The van der Waals surface area contributed by atoms with E-state index in [1.807, 2.05) is 9.80 Å². The van der Waals surface area contributed by atoms with Crippen molar-refractivity contribution in [1.29, 1.82) is 0 Å². The van der Waals surface area contributed by atoms with Gasteiger partial charge in [-0.15, -0.1) is 0 Å². The molecule has 3 amide bonds. The number of carbonyl (C=O) groups excluding carboxylic acids is 3. The van der Waals surface area contributed by atoms with Crippen LogP contribution in [0.2, 0.25) is 0 Å². The fourth-order valence-electron chi connectivity index (χ4n) is 4.01. The summed E-state index contributed by atoms with van der Waals surface area (Å²) >= 11 is 0. The monoisotopic (exact) mass is 363 g/mol. The van der Waals surface area contributed by atoms with Crippen molar-refractivity contribution in [3.05, 3.63) is 0 Å². The Morgan fingerprint density at radius 3 is 2.46 bits per heavy atom. The molecule has 0 spiro atoms. The van der Waals surface area contributed by atoms with E-state index in [-0.39, 0.29) is 17.7 Å². The third-order valence-corrected chi connectivity index (χ3v) is 5.93. The molecule has 0 aromatic rings. The van der Waals surface area contributed by atoms with Gasteiger partial charge in [0.1, 0.15) is 0 Å². The lowest BCUT2D eigenvalue weighted by atomic mass is 9.92. The van der Waals surface area contributed by atoms with Crippen LogP contribution in [0.1, 0.15) is 70.6 Å². The number of nitrogens with one attached hydrogen (secondary N) is 1. The van der Waals surface area contributed by atoms with Gasteiger partial charge < -0.3 is 15.1 Å². The lowest BCUT2D eigenvalue weighted by Gasteiger charge is -2.32. The molecule has 0 radical (unpaired) electrons. The standard InChI is InChI=1S/C20H33N3O3/c24-18(21-17-7-8-17)9-6-16-10-14-23(15-11-16)20(26)5-3-13-22-12-2-1-4-19(22)25/h16-17H,1-15H2,(H,21,24). The van der Waals surface area contributed by atoms with Crippen LogP contribution in [-0.4, -0.2) is 59.7 Å². The molecule has 3 aliphatic rings. The molecule has 6 heteroatoms. The molecule has 2 heterocycles. The number of piperidine rings is 2. The van der Waals surface area contributed by atoms with E-state index in [1.165, 1.54) is 0 Å². The Kier molecular flexibility index (Phi) is 6.92. The minimum atomic E-state index is 0.193. The molecule has 146 valence electrons. The van der Waals surface area contributed by atoms with E-state index in [9.17, 15) is 14.4 Å². The third kappa shape index (κ3) is 5.99. The molecule has 0 unspecified atom stereocenters. The summed E-state index contributed by atoms with van der Waals surface area (Å²) in [5, 5.41) is 3.04. The number of carbonyl (C=O) groups is 3. The summed E-state index contributed by atoms with van der Waals surface area (Å²) in [7, 11) is 0. The minimum Gasteiger partial charge on any atom is -0.353 e. The molecule has 0 aromatic heterocycles. The topological polar surface area (TPSA) is 69.7 Å². The second kappa shape index (κ2) is 9.38. The number of hydrogen-bond donors (Lipinski definition) is 1. The lowest BCUT2D eigenvalue weighted by Crippen LogP contribution is -2.40. The summed E-state index contributed by atoms with van der Waals surface area (Å²) < 4.78 is 0. The van der Waals surface area contributed by atoms with Gasteiger partial charge in [-0.25, -0.2) is 0 Å². The largest absolute Gasteiger partial charge is 0.353 e. The van der Waals surface area contributed by atoms with E-state index < -0.39 is 0 Å². The summed E-state index contributed by atoms with van der Waals surface area (Å²) in [5.74, 6) is 1.22. The van der Waals surface area contributed by atoms with Gasteiger partial charge in [-0.3, -0.25) is 14.4 Å². The van der Waals surface area contributed by atoms with Crippen molar-refractivity contribution in [1.82, 2.24) is 15.1 Å². The first-order valence-corrected chi connectivity index (χ1v) is 10.5. The van der Waals surface area contributed by atoms with Crippen molar-refractivity contribution >= 4 is 17.7 Å². The summed E-state index contributed by atoms with van der Waals surface area (Å²) in [6.07, 6.45) is 9.93. The first-order chi connectivity index (χ1) is 12.6. The van der Waals surface area contributed by atoms with Gasteiger partial charge in [-0.05, 0) is 57.3 Å². The zero-order valence-electron chi connectivity index (χ0n) is 15.9. The van der Waals surface area contributed by atoms with Crippen molar-refractivity contribution in [3.63, 3.8) is 0 Å². The van der Waals surface area contributed by atoms with E-state index in [4.69, 9.17) is 0 Å². The highest BCUT2D eigenvalue weighted by Crippen LogP contribution is 2.24. The van der Waals surface area contributed by atoms with Crippen LogP contribution < -0.4 is 5.32 Å². The first-order valence-electron chi connectivity index (χ1n) is 10.5. The van der Waals surface area contributed by atoms with Crippen molar-refractivity contribution in [2.24, 2.45) is 5.92 Å². The number of rotatable bonds is 8. The first kappa shape index (κ1) is 19.2. The molecule has 6 nitrogen and oxygen atoms in total. The van der Waals surface area contributed by atoms with Crippen LogP contribution >= 0.6 is 0 Å². The number of hydrogen-bond acceptors (Lipinski definition) is 3.